The third-order valence-corrected chi connectivity index (χ3v) is 4.69. The summed E-state index contributed by atoms with van der Waals surface area (Å²) in [6.45, 7) is 2.06. The van der Waals surface area contributed by atoms with Gasteiger partial charge in [-0.2, -0.15) is 0 Å². The number of hydrogen-bond acceptors (Lipinski definition) is 1. The van der Waals surface area contributed by atoms with Crippen LogP contribution in [0.5, 0.6) is 0 Å². The molecule has 0 fully saturated rings. The van der Waals surface area contributed by atoms with E-state index in [1.165, 1.54) is 18.2 Å². The van der Waals surface area contributed by atoms with E-state index >= 15 is 0 Å². The van der Waals surface area contributed by atoms with Gasteiger partial charge in [0.25, 0.3) is 0 Å². The van der Waals surface area contributed by atoms with E-state index in [9.17, 15) is 22.0 Å². The Bertz CT molecular complexity index is 1080. The van der Waals surface area contributed by atoms with Crippen molar-refractivity contribution in [2.45, 2.75) is 39.0 Å². The first-order valence-corrected chi connectivity index (χ1v) is 9.55. The fourth-order valence-corrected chi connectivity index (χ4v) is 3.31. The van der Waals surface area contributed by atoms with Crippen molar-refractivity contribution in [2.75, 3.05) is 0 Å². The van der Waals surface area contributed by atoms with Crippen molar-refractivity contribution < 1.29 is 26.7 Å². The maximum absolute atomic E-state index is 14.7. The maximum Gasteiger partial charge on any atom is 0.581 e. The molecule has 3 aromatic rings. The van der Waals surface area contributed by atoms with Gasteiger partial charge in [0, 0.05) is 5.56 Å². The quantitative estimate of drug-likeness (QED) is 0.239. The van der Waals surface area contributed by atoms with Gasteiger partial charge in [0.2, 0.25) is 0 Å². The van der Waals surface area contributed by atoms with Gasteiger partial charge in [-0.05, 0) is 64.9 Å². The van der Waals surface area contributed by atoms with Crippen LogP contribution in [-0.2, 0) is 11.2 Å². The SMILES string of the molecule is CCCCCc1cc(F)c(-c2ccc3c(C#COC(F)(F)F)cccc3c2)c(F)c1. The van der Waals surface area contributed by atoms with Crippen LogP contribution in [-0.4, -0.2) is 6.36 Å². The number of unbranched alkanes of at least 4 members (excludes halogenated alkanes) is 2. The molecule has 0 spiro atoms. The first-order chi connectivity index (χ1) is 14.3. The summed E-state index contributed by atoms with van der Waals surface area (Å²) in [4.78, 5) is 0. The van der Waals surface area contributed by atoms with Crippen LogP contribution in [0.25, 0.3) is 21.9 Å². The van der Waals surface area contributed by atoms with Gasteiger partial charge in [-0.15, -0.1) is 13.2 Å². The van der Waals surface area contributed by atoms with E-state index in [-0.39, 0.29) is 5.56 Å². The van der Waals surface area contributed by atoms with Crippen LogP contribution in [0.2, 0.25) is 0 Å². The van der Waals surface area contributed by atoms with Gasteiger partial charge in [0.05, 0.1) is 5.56 Å². The highest BCUT2D eigenvalue weighted by molar-refractivity contribution is 5.91. The molecule has 0 N–H and O–H groups in total. The molecule has 0 atom stereocenters. The number of alkyl halides is 3. The second kappa shape index (κ2) is 9.17. The summed E-state index contributed by atoms with van der Waals surface area (Å²) in [5.41, 5.74) is 1.14. The second-order valence-electron chi connectivity index (χ2n) is 6.91. The van der Waals surface area contributed by atoms with Crippen LogP contribution in [0.3, 0.4) is 0 Å². The molecule has 0 unspecified atom stereocenters. The Kier molecular flexibility index (Phi) is 6.61. The summed E-state index contributed by atoms with van der Waals surface area (Å²) in [5.74, 6) is 1.03. The van der Waals surface area contributed by atoms with Crippen LogP contribution in [0, 0.1) is 23.7 Å². The summed E-state index contributed by atoms with van der Waals surface area (Å²) < 4.78 is 69.2. The normalized spacial score (nSPS) is 11.3. The highest BCUT2D eigenvalue weighted by atomic mass is 19.4. The van der Waals surface area contributed by atoms with Crippen molar-refractivity contribution in [1.29, 1.82) is 0 Å². The molecular weight excluding hydrogens is 399 g/mol. The van der Waals surface area contributed by atoms with E-state index in [4.69, 9.17) is 0 Å². The number of rotatable bonds is 5. The van der Waals surface area contributed by atoms with Crippen molar-refractivity contribution in [3.8, 4) is 23.2 Å². The molecule has 1 nitrogen and oxygen atoms in total. The number of halogens is 5. The smallest absolute Gasteiger partial charge is 0.352 e. The molecule has 0 heterocycles. The minimum atomic E-state index is -4.84. The lowest BCUT2D eigenvalue weighted by Gasteiger charge is -2.10. The average Bonchev–Trinajstić information content (AvgIpc) is 2.67. The number of benzene rings is 3. The van der Waals surface area contributed by atoms with E-state index in [1.807, 2.05) is 0 Å². The zero-order valence-electron chi connectivity index (χ0n) is 16.2. The van der Waals surface area contributed by atoms with Gasteiger partial charge in [-0.3, -0.25) is 0 Å². The molecule has 0 radical (unpaired) electrons. The summed E-state index contributed by atoms with van der Waals surface area (Å²) in [6, 6.07) is 12.2. The lowest BCUT2D eigenvalue weighted by atomic mass is 9.96. The van der Waals surface area contributed by atoms with E-state index < -0.39 is 18.0 Å². The van der Waals surface area contributed by atoms with Gasteiger partial charge in [-0.25, -0.2) is 8.78 Å². The Labute approximate surface area is 171 Å². The van der Waals surface area contributed by atoms with Crippen LogP contribution >= 0.6 is 0 Å². The van der Waals surface area contributed by atoms with Crippen LogP contribution in [0.4, 0.5) is 22.0 Å². The van der Waals surface area contributed by atoms with Crippen molar-refractivity contribution in [3.05, 3.63) is 71.3 Å². The predicted molar refractivity (Wildman–Crippen MR) is 107 cm³/mol. The van der Waals surface area contributed by atoms with Gasteiger partial charge < -0.3 is 4.74 Å². The molecule has 0 saturated carbocycles. The Morgan fingerprint density at radius 2 is 1.67 bits per heavy atom. The minimum absolute atomic E-state index is 0.131. The number of fused-ring (bicyclic) bond motifs is 1. The molecule has 3 aromatic carbocycles. The number of hydrogen-bond donors (Lipinski definition) is 0. The third-order valence-electron chi connectivity index (χ3n) is 4.69. The van der Waals surface area contributed by atoms with E-state index in [2.05, 4.69) is 17.6 Å². The van der Waals surface area contributed by atoms with Gasteiger partial charge in [0.15, 0.2) is 0 Å². The summed E-state index contributed by atoms with van der Waals surface area (Å²) in [5, 5.41) is 1.15. The zero-order valence-corrected chi connectivity index (χ0v) is 16.2. The minimum Gasteiger partial charge on any atom is -0.352 e. The first-order valence-electron chi connectivity index (χ1n) is 9.55. The van der Waals surface area contributed by atoms with Gasteiger partial charge in [0.1, 0.15) is 17.7 Å². The van der Waals surface area contributed by atoms with E-state index in [1.54, 1.807) is 36.4 Å². The number of ether oxygens (including phenoxy) is 1. The Balaban J connectivity index is 1.95. The molecule has 6 heteroatoms. The highest BCUT2D eigenvalue weighted by Gasteiger charge is 2.29. The van der Waals surface area contributed by atoms with Crippen molar-refractivity contribution in [3.63, 3.8) is 0 Å². The molecule has 0 saturated heterocycles. The van der Waals surface area contributed by atoms with Gasteiger partial charge in [-0.1, -0.05) is 44.0 Å². The van der Waals surface area contributed by atoms with Crippen LogP contribution < -0.4 is 0 Å². The standard InChI is InChI=1S/C24H19F5O/c1-2-3-4-6-16-13-21(25)23(22(26)14-16)19-9-10-20-17(7-5-8-18(20)15-19)11-12-30-24(27,28)29/h5,7-10,13-15H,2-4,6H2,1H3. The lowest BCUT2D eigenvalue weighted by molar-refractivity contribution is -0.291. The highest BCUT2D eigenvalue weighted by Crippen LogP contribution is 2.31. The van der Waals surface area contributed by atoms with Crippen molar-refractivity contribution in [1.82, 2.24) is 0 Å². The van der Waals surface area contributed by atoms with E-state index in [0.717, 1.165) is 19.3 Å². The molecule has 0 aromatic heterocycles. The van der Waals surface area contributed by atoms with Gasteiger partial charge >= 0.3 is 6.36 Å². The largest absolute Gasteiger partial charge is 0.581 e. The second-order valence-corrected chi connectivity index (χ2v) is 6.91. The van der Waals surface area contributed by atoms with Crippen molar-refractivity contribution in [2.24, 2.45) is 0 Å². The molecule has 30 heavy (non-hydrogen) atoms. The monoisotopic (exact) mass is 418 g/mol. The molecule has 0 aliphatic rings. The Morgan fingerprint density at radius 3 is 2.33 bits per heavy atom. The van der Waals surface area contributed by atoms with E-state index in [0.29, 0.717) is 33.9 Å². The number of aryl methyl sites for hydroxylation is 1. The summed E-state index contributed by atoms with van der Waals surface area (Å²) in [6.07, 6.45) is 0.284. The maximum atomic E-state index is 14.7. The van der Waals surface area contributed by atoms with Crippen LogP contribution in [0.15, 0.2) is 48.5 Å². The lowest BCUT2D eigenvalue weighted by Crippen LogP contribution is -2.08. The first kappa shape index (κ1) is 21.6. The predicted octanol–water partition coefficient (Wildman–Crippen LogP) is 7.36. The summed E-state index contributed by atoms with van der Waals surface area (Å²) in [7, 11) is 0. The molecule has 0 aliphatic heterocycles. The Morgan fingerprint density at radius 1 is 0.933 bits per heavy atom. The fourth-order valence-electron chi connectivity index (χ4n) is 3.31. The van der Waals surface area contributed by atoms with Crippen molar-refractivity contribution >= 4 is 10.8 Å². The summed E-state index contributed by atoms with van der Waals surface area (Å²) >= 11 is 0. The molecule has 0 amide bonds. The third kappa shape index (κ3) is 5.29. The fraction of sp³-hybridized carbons (Fsp3) is 0.250. The topological polar surface area (TPSA) is 9.23 Å². The average molecular weight is 418 g/mol. The zero-order chi connectivity index (χ0) is 21.7. The Hall–Kier alpha value is -3.07. The molecular formula is C24H19F5O. The molecule has 156 valence electrons. The molecule has 0 bridgehead atoms. The molecule has 0 aliphatic carbocycles. The van der Waals surface area contributed by atoms with Crippen LogP contribution in [0.1, 0.15) is 37.3 Å². The molecule has 3 rings (SSSR count).